The minimum absolute atomic E-state index is 0.0772. The molecule has 0 fully saturated rings. The summed E-state index contributed by atoms with van der Waals surface area (Å²) in [4.78, 5) is 12.0. The van der Waals surface area contributed by atoms with Crippen LogP contribution in [0.3, 0.4) is 0 Å². The summed E-state index contributed by atoms with van der Waals surface area (Å²) in [5.74, 6) is -0.0749. The summed E-state index contributed by atoms with van der Waals surface area (Å²) in [6.45, 7) is 1.09. The first-order chi connectivity index (χ1) is 14.4. The molecular weight excluding hydrogens is 428 g/mol. The molecule has 0 unspecified atom stereocenters. The van der Waals surface area contributed by atoms with Crippen LogP contribution in [-0.4, -0.2) is 15.7 Å². The average Bonchev–Trinajstić information content (AvgIpc) is 3.28. The number of amides is 1. The number of aromatic nitrogens is 2. The lowest BCUT2D eigenvalue weighted by atomic mass is 10.0. The summed E-state index contributed by atoms with van der Waals surface area (Å²) in [6.07, 6.45) is -4.53. The van der Waals surface area contributed by atoms with Gasteiger partial charge in [-0.15, -0.1) is 0 Å². The summed E-state index contributed by atoms with van der Waals surface area (Å²) in [6, 6.07) is 4.71. The van der Waals surface area contributed by atoms with Crippen molar-refractivity contribution in [3.63, 3.8) is 0 Å². The fraction of sp³-hybridized carbons (Fsp3) is 0.200. The molecule has 31 heavy (non-hydrogen) atoms. The van der Waals surface area contributed by atoms with Crippen LogP contribution >= 0.6 is 0 Å². The summed E-state index contributed by atoms with van der Waals surface area (Å²) >= 11 is 0. The van der Waals surface area contributed by atoms with Crippen LogP contribution in [0.5, 0.6) is 0 Å². The lowest BCUT2D eigenvalue weighted by Crippen LogP contribution is -2.15. The Labute approximate surface area is 172 Å². The molecule has 0 aliphatic heterocycles. The zero-order valence-electron chi connectivity index (χ0n) is 15.9. The summed E-state index contributed by atoms with van der Waals surface area (Å²) in [7, 11) is 0. The fourth-order valence-electron chi connectivity index (χ4n) is 2.77. The quantitative estimate of drug-likeness (QED) is 0.417. The molecule has 1 aromatic carbocycles. The molecule has 2 aromatic heterocycles. The van der Waals surface area contributed by atoms with Crippen LogP contribution in [-0.2, 0) is 23.7 Å². The number of rotatable bonds is 5. The van der Waals surface area contributed by atoms with Gasteiger partial charge in [0.05, 0.1) is 35.3 Å². The number of carbonyl (C=O) groups is 1. The molecule has 1 amide bonds. The van der Waals surface area contributed by atoms with E-state index in [9.17, 15) is 31.1 Å². The van der Waals surface area contributed by atoms with Gasteiger partial charge >= 0.3 is 12.4 Å². The first-order valence-corrected chi connectivity index (χ1v) is 8.77. The predicted molar refractivity (Wildman–Crippen MR) is 98.9 cm³/mol. The number of anilines is 1. The van der Waals surface area contributed by atoms with E-state index in [1.54, 1.807) is 12.1 Å². The van der Waals surface area contributed by atoms with Crippen molar-refractivity contribution in [1.82, 2.24) is 9.78 Å². The van der Waals surface area contributed by atoms with Gasteiger partial charge in [0.25, 0.3) is 0 Å². The number of nitrogens with one attached hydrogen (secondary N) is 1. The first-order valence-electron chi connectivity index (χ1n) is 8.77. The van der Waals surface area contributed by atoms with E-state index in [0.29, 0.717) is 17.5 Å². The van der Waals surface area contributed by atoms with Gasteiger partial charge in [-0.2, -0.15) is 31.4 Å². The second-order valence-corrected chi connectivity index (χ2v) is 6.53. The highest BCUT2D eigenvalue weighted by atomic mass is 19.4. The Balaban J connectivity index is 1.80. The molecule has 0 saturated carbocycles. The van der Waals surface area contributed by atoms with E-state index < -0.39 is 41.5 Å². The Bertz CT molecular complexity index is 1100. The first kappa shape index (κ1) is 22.2. The molecule has 2 heterocycles. The highest BCUT2D eigenvalue weighted by Gasteiger charge is 2.38. The van der Waals surface area contributed by atoms with Crippen molar-refractivity contribution in [3.8, 4) is 0 Å². The van der Waals surface area contributed by atoms with Gasteiger partial charge in [-0.25, -0.2) is 0 Å². The number of alkyl halides is 6. The van der Waals surface area contributed by atoms with Gasteiger partial charge in [-0.05, 0) is 42.8 Å². The molecule has 0 atom stereocenters. The van der Waals surface area contributed by atoms with Crippen LogP contribution in [0.2, 0.25) is 0 Å². The van der Waals surface area contributed by atoms with Gasteiger partial charge in [0.2, 0.25) is 5.91 Å². The van der Waals surface area contributed by atoms with Crippen molar-refractivity contribution in [3.05, 3.63) is 77.0 Å². The van der Waals surface area contributed by atoms with E-state index in [1.165, 1.54) is 31.5 Å². The van der Waals surface area contributed by atoms with Gasteiger partial charge < -0.3 is 9.73 Å². The molecule has 0 aliphatic rings. The third-order valence-electron chi connectivity index (χ3n) is 4.22. The second-order valence-electron chi connectivity index (χ2n) is 6.53. The van der Waals surface area contributed by atoms with Crippen LogP contribution in [0.4, 0.5) is 32.0 Å². The zero-order chi connectivity index (χ0) is 22.8. The van der Waals surface area contributed by atoms with Crippen molar-refractivity contribution in [1.29, 1.82) is 0 Å². The van der Waals surface area contributed by atoms with Crippen LogP contribution in [0.15, 0.2) is 53.3 Å². The van der Waals surface area contributed by atoms with E-state index in [1.807, 2.05) is 0 Å². The molecule has 11 heteroatoms. The van der Waals surface area contributed by atoms with Crippen molar-refractivity contribution < 1.29 is 35.6 Å². The predicted octanol–water partition coefficient (Wildman–Crippen LogP) is 5.52. The Morgan fingerprint density at radius 1 is 1.16 bits per heavy atom. The highest BCUT2D eigenvalue weighted by Crippen LogP contribution is 2.37. The van der Waals surface area contributed by atoms with Crippen molar-refractivity contribution >= 4 is 17.7 Å². The Morgan fingerprint density at radius 3 is 2.52 bits per heavy atom. The van der Waals surface area contributed by atoms with E-state index >= 15 is 0 Å². The van der Waals surface area contributed by atoms with Crippen molar-refractivity contribution in [2.75, 3.05) is 5.32 Å². The zero-order valence-corrected chi connectivity index (χ0v) is 15.9. The molecule has 0 aliphatic carbocycles. The number of aryl methyl sites for hydroxylation is 1. The van der Waals surface area contributed by atoms with Crippen LogP contribution < -0.4 is 5.32 Å². The third kappa shape index (κ3) is 5.56. The minimum atomic E-state index is -4.98. The van der Waals surface area contributed by atoms with E-state index in [2.05, 4.69) is 10.4 Å². The standard InChI is InChI=1S/C20H15F6N3O2/c1-12-17(27-18(30)7-6-15-3-2-8-31-15)11-29(28-12)10-13-4-5-14(19(21,22)23)9-16(13)20(24,25)26/h2-9,11H,10H2,1H3,(H,27,30)/b7-6-. The lowest BCUT2D eigenvalue weighted by molar-refractivity contribution is -0.143. The monoisotopic (exact) mass is 443 g/mol. The minimum Gasteiger partial charge on any atom is -0.465 e. The van der Waals surface area contributed by atoms with Gasteiger partial charge in [-0.1, -0.05) is 6.07 Å². The Hall–Kier alpha value is -3.50. The number of furan rings is 1. The SMILES string of the molecule is Cc1nn(Cc2ccc(C(F)(F)F)cc2C(F)(F)F)cc1NC(=O)/C=C\c1ccco1. The molecule has 164 valence electrons. The molecule has 1 N–H and O–H groups in total. The number of benzene rings is 1. The average molecular weight is 443 g/mol. The topological polar surface area (TPSA) is 60.1 Å². The Morgan fingerprint density at radius 2 is 1.90 bits per heavy atom. The molecular formula is C20H15F6N3O2. The molecule has 0 spiro atoms. The summed E-state index contributed by atoms with van der Waals surface area (Å²) < 4.78 is 84.5. The van der Waals surface area contributed by atoms with Crippen LogP contribution in [0.25, 0.3) is 6.08 Å². The van der Waals surface area contributed by atoms with E-state index in [-0.39, 0.29) is 11.8 Å². The van der Waals surface area contributed by atoms with Crippen molar-refractivity contribution in [2.45, 2.75) is 25.8 Å². The fourth-order valence-corrected chi connectivity index (χ4v) is 2.77. The molecule has 3 rings (SSSR count). The van der Waals surface area contributed by atoms with E-state index in [4.69, 9.17) is 4.42 Å². The summed E-state index contributed by atoms with van der Waals surface area (Å²) in [5.41, 5.74) is -2.62. The van der Waals surface area contributed by atoms with Gasteiger partial charge in [0.1, 0.15) is 5.76 Å². The molecule has 0 bridgehead atoms. The molecule has 0 saturated heterocycles. The van der Waals surface area contributed by atoms with Crippen LogP contribution in [0, 0.1) is 6.92 Å². The maximum atomic E-state index is 13.3. The maximum Gasteiger partial charge on any atom is 0.416 e. The Kier molecular flexibility index (Phi) is 5.96. The highest BCUT2D eigenvalue weighted by molar-refractivity contribution is 6.01. The van der Waals surface area contributed by atoms with Crippen molar-refractivity contribution in [2.24, 2.45) is 0 Å². The van der Waals surface area contributed by atoms with Crippen LogP contribution in [0.1, 0.15) is 28.1 Å². The smallest absolute Gasteiger partial charge is 0.416 e. The van der Waals surface area contributed by atoms with E-state index in [0.717, 1.165) is 10.7 Å². The number of hydrogen-bond acceptors (Lipinski definition) is 3. The normalized spacial score (nSPS) is 12.5. The lowest BCUT2D eigenvalue weighted by Gasteiger charge is -2.16. The molecule has 3 aromatic rings. The summed E-state index contributed by atoms with van der Waals surface area (Å²) in [5, 5.41) is 6.56. The molecule has 5 nitrogen and oxygen atoms in total. The third-order valence-corrected chi connectivity index (χ3v) is 4.22. The largest absolute Gasteiger partial charge is 0.465 e. The number of nitrogens with zero attached hydrogens (tertiary/aromatic N) is 2. The number of hydrogen-bond donors (Lipinski definition) is 1. The van der Waals surface area contributed by atoms with Gasteiger partial charge in [0, 0.05) is 12.3 Å². The number of carbonyl (C=O) groups excluding carboxylic acids is 1. The number of halogens is 6. The maximum absolute atomic E-state index is 13.3. The van der Waals surface area contributed by atoms with Gasteiger partial charge in [0.15, 0.2) is 0 Å². The molecule has 0 radical (unpaired) electrons. The van der Waals surface area contributed by atoms with Gasteiger partial charge in [-0.3, -0.25) is 9.48 Å². The second kappa shape index (κ2) is 8.32.